The number of carbonyl (C=O) groups is 2. The monoisotopic (exact) mass is 529 g/mol. The molecule has 7 heteroatoms. The highest BCUT2D eigenvalue weighted by atomic mass is 35.5. The second-order valence-corrected chi connectivity index (χ2v) is 9.05. The minimum atomic E-state index is -0.406. The summed E-state index contributed by atoms with van der Waals surface area (Å²) >= 11 is 12.2. The predicted molar refractivity (Wildman–Crippen MR) is 146 cm³/mol. The second-order valence-electron chi connectivity index (χ2n) is 8.23. The summed E-state index contributed by atoms with van der Waals surface area (Å²) in [7, 11) is 0. The number of halogens is 2. The highest BCUT2D eigenvalue weighted by Gasteiger charge is 2.30. The van der Waals surface area contributed by atoms with E-state index in [4.69, 9.17) is 32.4 Å². The topological polar surface area (TPSA) is 59.8 Å². The maximum Gasteiger partial charge on any atom is 0.338 e. The Labute approximate surface area is 224 Å². The summed E-state index contributed by atoms with van der Waals surface area (Å²) in [5, 5.41) is 0.895. The summed E-state index contributed by atoms with van der Waals surface area (Å²) in [6.07, 6.45) is 3.54. The molecular weight excluding hydrogens is 509 g/mol. The maximum atomic E-state index is 13.6. The number of furan rings is 1. The normalized spacial score (nSPS) is 14.2. The number of carbonyl (C=O) groups excluding carboxylic acids is 2. The molecule has 1 aromatic heterocycles. The van der Waals surface area contributed by atoms with Gasteiger partial charge in [0.15, 0.2) is 0 Å². The molecule has 4 aromatic rings. The van der Waals surface area contributed by atoms with E-state index in [1.807, 2.05) is 48.5 Å². The number of hydrogen-bond acceptors (Lipinski definition) is 4. The third-order valence-corrected chi connectivity index (χ3v) is 6.56. The smallest absolute Gasteiger partial charge is 0.338 e. The minimum absolute atomic E-state index is 0.213. The van der Waals surface area contributed by atoms with Crippen LogP contribution in [0.2, 0.25) is 10.0 Å². The molecule has 0 unspecified atom stereocenters. The lowest BCUT2D eigenvalue weighted by Gasteiger charge is -2.21. The molecule has 184 valence electrons. The van der Waals surface area contributed by atoms with Gasteiger partial charge in [-0.25, -0.2) is 4.79 Å². The molecule has 0 saturated heterocycles. The summed E-state index contributed by atoms with van der Waals surface area (Å²) < 4.78 is 11.1. The first-order valence-electron chi connectivity index (χ1n) is 11.6. The Bertz CT molecular complexity index is 1540. The van der Waals surface area contributed by atoms with E-state index in [9.17, 15) is 9.59 Å². The second kappa shape index (κ2) is 10.5. The van der Waals surface area contributed by atoms with Gasteiger partial charge in [-0.15, -0.1) is 0 Å². The first-order chi connectivity index (χ1) is 17.9. The molecule has 2 heterocycles. The summed E-state index contributed by atoms with van der Waals surface area (Å²) in [5.74, 6) is 0.508. The molecule has 0 radical (unpaired) electrons. The van der Waals surface area contributed by atoms with E-state index in [-0.39, 0.29) is 5.91 Å². The average molecular weight is 530 g/mol. The standard InChI is InChI=1S/C30H21Cl2NO4/c1-2-36-30(35)20-8-11-23(12-9-20)33-27(19-6-4-3-5-7-19)18-22(29(33)34)16-24-13-15-28(37-24)21-10-14-25(31)26(32)17-21/h3-18H,2H2,1H3/b22-16+. The van der Waals surface area contributed by atoms with Crippen LogP contribution in [0.1, 0.15) is 28.6 Å². The molecule has 0 N–H and O–H groups in total. The lowest BCUT2D eigenvalue weighted by atomic mass is 10.1. The van der Waals surface area contributed by atoms with Gasteiger partial charge < -0.3 is 9.15 Å². The van der Waals surface area contributed by atoms with Crippen LogP contribution in [-0.4, -0.2) is 18.5 Å². The quantitative estimate of drug-likeness (QED) is 0.188. The van der Waals surface area contributed by atoms with Crippen LogP contribution in [0, 0.1) is 0 Å². The van der Waals surface area contributed by atoms with E-state index >= 15 is 0 Å². The summed E-state index contributed by atoms with van der Waals surface area (Å²) in [5.41, 5.74) is 3.89. The van der Waals surface area contributed by atoms with E-state index < -0.39 is 5.97 Å². The van der Waals surface area contributed by atoms with Crippen molar-refractivity contribution < 1.29 is 18.7 Å². The number of esters is 1. The summed E-state index contributed by atoms with van der Waals surface area (Å²) in [6, 6.07) is 25.3. The molecule has 5 nitrogen and oxygen atoms in total. The molecule has 37 heavy (non-hydrogen) atoms. The van der Waals surface area contributed by atoms with Crippen molar-refractivity contribution in [2.45, 2.75) is 6.92 Å². The summed E-state index contributed by atoms with van der Waals surface area (Å²) in [4.78, 5) is 27.3. The Hall–Kier alpha value is -4.06. The first-order valence-corrected chi connectivity index (χ1v) is 12.4. The van der Waals surface area contributed by atoms with Crippen molar-refractivity contribution in [2.24, 2.45) is 0 Å². The minimum Gasteiger partial charge on any atom is -0.462 e. The molecule has 3 aromatic carbocycles. The molecule has 1 aliphatic rings. The van der Waals surface area contributed by atoms with E-state index in [1.165, 1.54) is 0 Å². The number of benzene rings is 3. The van der Waals surface area contributed by atoms with Gasteiger partial charge in [-0.2, -0.15) is 0 Å². The number of anilines is 1. The van der Waals surface area contributed by atoms with Crippen LogP contribution in [0.3, 0.4) is 0 Å². The molecule has 0 fully saturated rings. The van der Waals surface area contributed by atoms with Crippen molar-refractivity contribution in [3.63, 3.8) is 0 Å². The van der Waals surface area contributed by atoms with E-state index in [0.717, 1.165) is 16.8 Å². The SMILES string of the molecule is CCOC(=O)c1ccc(N2C(=O)/C(=C/c3ccc(-c4ccc(Cl)c(Cl)c4)o3)C=C2c2ccccc2)cc1. The van der Waals surface area contributed by atoms with Crippen LogP contribution in [0.25, 0.3) is 23.1 Å². The van der Waals surface area contributed by atoms with Crippen LogP contribution in [-0.2, 0) is 9.53 Å². The average Bonchev–Trinajstić information content (AvgIpc) is 3.51. The fraction of sp³-hybridized carbons (Fsp3) is 0.0667. The van der Waals surface area contributed by atoms with E-state index in [0.29, 0.717) is 45.0 Å². The maximum absolute atomic E-state index is 13.6. The number of ether oxygens (including phenoxy) is 1. The molecule has 1 amide bonds. The van der Waals surface area contributed by atoms with Crippen molar-refractivity contribution >= 4 is 52.5 Å². The zero-order chi connectivity index (χ0) is 25.9. The van der Waals surface area contributed by atoms with Crippen molar-refractivity contribution in [1.82, 2.24) is 0 Å². The zero-order valence-corrected chi connectivity index (χ0v) is 21.3. The lowest BCUT2D eigenvalue weighted by Crippen LogP contribution is -2.25. The van der Waals surface area contributed by atoms with Gasteiger partial charge in [0, 0.05) is 16.8 Å². The van der Waals surface area contributed by atoms with Crippen LogP contribution in [0.5, 0.6) is 0 Å². The van der Waals surface area contributed by atoms with Crippen LogP contribution >= 0.6 is 23.2 Å². The number of amides is 1. The van der Waals surface area contributed by atoms with E-state index in [2.05, 4.69) is 0 Å². The fourth-order valence-corrected chi connectivity index (χ4v) is 4.34. The Morgan fingerprint density at radius 2 is 1.68 bits per heavy atom. The predicted octanol–water partition coefficient (Wildman–Crippen LogP) is 7.90. The van der Waals surface area contributed by atoms with Gasteiger partial charge in [0.2, 0.25) is 0 Å². The number of hydrogen-bond donors (Lipinski definition) is 0. The molecule has 0 aliphatic carbocycles. The first kappa shape index (κ1) is 24.6. The lowest BCUT2D eigenvalue weighted by molar-refractivity contribution is -0.113. The van der Waals surface area contributed by atoms with Gasteiger partial charge in [-0.3, -0.25) is 9.69 Å². The Kier molecular flexibility index (Phi) is 6.99. The van der Waals surface area contributed by atoms with Gasteiger partial charge >= 0.3 is 5.97 Å². The number of nitrogens with zero attached hydrogens (tertiary/aromatic N) is 1. The molecule has 1 aliphatic heterocycles. The van der Waals surface area contributed by atoms with Crippen LogP contribution in [0.15, 0.2) is 101 Å². The third-order valence-electron chi connectivity index (χ3n) is 5.82. The Morgan fingerprint density at radius 3 is 2.38 bits per heavy atom. The Balaban J connectivity index is 1.50. The van der Waals surface area contributed by atoms with E-state index in [1.54, 1.807) is 60.4 Å². The van der Waals surface area contributed by atoms with Crippen molar-refractivity contribution in [3.05, 3.63) is 124 Å². The van der Waals surface area contributed by atoms with Crippen molar-refractivity contribution in [3.8, 4) is 11.3 Å². The van der Waals surface area contributed by atoms with Gasteiger partial charge in [0.25, 0.3) is 5.91 Å². The van der Waals surface area contributed by atoms with Crippen LogP contribution < -0.4 is 4.90 Å². The number of rotatable bonds is 6. The molecule has 0 atom stereocenters. The summed E-state index contributed by atoms with van der Waals surface area (Å²) in [6.45, 7) is 2.05. The van der Waals surface area contributed by atoms with Crippen molar-refractivity contribution in [2.75, 3.05) is 11.5 Å². The van der Waals surface area contributed by atoms with Gasteiger partial charge in [-0.1, -0.05) is 53.5 Å². The van der Waals surface area contributed by atoms with Crippen LogP contribution in [0.4, 0.5) is 5.69 Å². The van der Waals surface area contributed by atoms with Crippen molar-refractivity contribution in [1.29, 1.82) is 0 Å². The highest BCUT2D eigenvalue weighted by molar-refractivity contribution is 6.42. The highest BCUT2D eigenvalue weighted by Crippen LogP contribution is 2.36. The molecule has 5 rings (SSSR count). The molecule has 0 spiro atoms. The van der Waals surface area contributed by atoms with Gasteiger partial charge in [0.05, 0.1) is 27.9 Å². The molecular formula is C30H21Cl2NO4. The Morgan fingerprint density at radius 1 is 0.919 bits per heavy atom. The largest absolute Gasteiger partial charge is 0.462 e. The van der Waals surface area contributed by atoms with Gasteiger partial charge in [-0.05, 0) is 79.2 Å². The fourth-order valence-electron chi connectivity index (χ4n) is 4.04. The molecule has 0 saturated carbocycles. The van der Waals surface area contributed by atoms with Gasteiger partial charge in [0.1, 0.15) is 11.5 Å². The molecule has 0 bridgehead atoms. The third kappa shape index (κ3) is 5.10. The zero-order valence-electron chi connectivity index (χ0n) is 19.8.